The van der Waals surface area contributed by atoms with Crippen molar-refractivity contribution < 1.29 is 13.6 Å². The number of amides is 1. The average Bonchev–Trinajstić information content (AvgIpc) is 2.47. The molecule has 0 radical (unpaired) electrons. The molecule has 0 spiro atoms. The number of halogens is 2. The van der Waals surface area contributed by atoms with Crippen molar-refractivity contribution in [2.45, 2.75) is 6.42 Å². The Morgan fingerprint density at radius 2 is 1.81 bits per heavy atom. The second-order valence-electron chi connectivity index (χ2n) is 4.39. The first kappa shape index (κ1) is 14.9. The summed E-state index contributed by atoms with van der Waals surface area (Å²) in [6.45, 7) is 1.01. The molecule has 1 aromatic carbocycles. The van der Waals surface area contributed by atoms with E-state index in [1.54, 1.807) is 12.1 Å². The molecule has 0 saturated heterocycles. The summed E-state index contributed by atoms with van der Waals surface area (Å²) in [7, 11) is 0. The maximum Gasteiger partial charge on any atom is 0.251 e. The molecule has 21 heavy (non-hydrogen) atoms. The number of benzene rings is 1. The zero-order chi connectivity index (χ0) is 15.1. The van der Waals surface area contributed by atoms with E-state index in [9.17, 15) is 13.6 Å². The first-order valence-electron chi connectivity index (χ1n) is 6.55. The van der Waals surface area contributed by atoms with Crippen LogP contribution >= 0.6 is 0 Å². The van der Waals surface area contributed by atoms with Crippen LogP contribution in [0.3, 0.4) is 0 Å². The highest BCUT2D eigenvalue weighted by Crippen LogP contribution is 2.04. The van der Waals surface area contributed by atoms with Crippen molar-refractivity contribution in [2.24, 2.45) is 0 Å². The van der Waals surface area contributed by atoms with Crippen molar-refractivity contribution in [2.75, 3.05) is 18.4 Å². The second-order valence-corrected chi connectivity index (χ2v) is 4.39. The minimum Gasteiger partial charge on any atom is -0.370 e. The molecule has 0 aliphatic carbocycles. The number of carbonyl (C=O) groups is 1. The molecular weight excluding hydrogens is 276 g/mol. The smallest absolute Gasteiger partial charge is 0.251 e. The van der Waals surface area contributed by atoms with Crippen LogP contribution in [0.25, 0.3) is 0 Å². The van der Waals surface area contributed by atoms with Gasteiger partial charge in [-0.2, -0.15) is 4.39 Å². The highest BCUT2D eigenvalue weighted by Gasteiger charge is 2.04. The third kappa shape index (κ3) is 4.83. The summed E-state index contributed by atoms with van der Waals surface area (Å²) in [6, 6.07) is 9.85. The van der Waals surface area contributed by atoms with E-state index in [4.69, 9.17) is 0 Å². The van der Waals surface area contributed by atoms with Gasteiger partial charge >= 0.3 is 0 Å². The lowest BCUT2D eigenvalue weighted by molar-refractivity contribution is 0.0953. The number of aromatic nitrogens is 1. The van der Waals surface area contributed by atoms with Crippen LogP contribution < -0.4 is 10.6 Å². The van der Waals surface area contributed by atoms with Crippen LogP contribution in [0.15, 0.2) is 42.5 Å². The summed E-state index contributed by atoms with van der Waals surface area (Å²) in [5.74, 6) is -0.707. The van der Waals surface area contributed by atoms with Crippen molar-refractivity contribution in [3.63, 3.8) is 0 Å². The quantitative estimate of drug-likeness (QED) is 0.635. The lowest BCUT2D eigenvalue weighted by Gasteiger charge is -2.07. The Labute approximate surface area is 121 Å². The van der Waals surface area contributed by atoms with Gasteiger partial charge in [0.2, 0.25) is 5.95 Å². The zero-order valence-electron chi connectivity index (χ0n) is 11.3. The molecule has 0 fully saturated rings. The topological polar surface area (TPSA) is 54.0 Å². The molecule has 0 atom stereocenters. The normalized spacial score (nSPS) is 10.2. The van der Waals surface area contributed by atoms with Gasteiger partial charge in [-0.1, -0.05) is 6.07 Å². The third-order valence-corrected chi connectivity index (χ3v) is 2.77. The number of nitrogens with zero attached hydrogens (tertiary/aromatic N) is 1. The number of hydrogen-bond donors (Lipinski definition) is 2. The molecule has 0 saturated carbocycles. The van der Waals surface area contributed by atoms with Gasteiger partial charge in [-0.15, -0.1) is 0 Å². The lowest BCUT2D eigenvalue weighted by atomic mass is 10.2. The van der Waals surface area contributed by atoms with Crippen LogP contribution in [-0.4, -0.2) is 24.0 Å². The standard InChI is InChI=1S/C15H15F2N3O/c16-12-7-5-11(6-8-12)15(21)19-10-2-9-18-14-4-1-3-13(17)20-14/h1,3-8H,2,9-10H2,(H,18,20)(H,19,21). The summed E-state index contributed by atoms with van der Waals surface area (Å²) in [5.41, 5.74) is 0.413. The Balaban J connectivity index is 1.68. The van der Waals surface area contributed by atoms with Gasteiger partial charge < -0.3 is 10.6 Å². The molecule has 2 N–H and O–H groups in total. The van der Waals surface area contributed by atoms with Crippen LogP contribution in [0.5, 0.6) is 0 Å². The van der Waals surface area contributed by atoms with E-state index in [1.165, 1.54) is 30.3 Å². The Kier molecular flexibility index (Phi) is 5.20. The first-order valence-corrected chi connectivity index (χ1v) is 6.55. The predicted octanol–water partition coefficient (Wildman–Crippen LogP) is 2.59. The van der Waals surface area contributed by atoms with Gasteiger partial charge in [-0.3, -0.25) is 4.79 Å². The van der Waals surface area contributed by atoms with Crippen LogP contribution in [0, 0.1) is 11.8 Å². The summed E-state index contributed by atoms with van der Waals surface area (Å²) >= 11 is 0. The molecule has 1 aromatic heterocycles. The SMILES string of the molecule is O=C(NCCCNc1cccc(F)n1)c1ccc(F)cc1. The fraction of sp³-hybridized carbons (Fsp3) is 0.200. The summed E-state index contributed by atoms with van der Waals surface area (Å²) in [5, 5.41) is 5.67. The molecule has 0 bridgehead atoms. The number of pyridine rings is 1. The molecule has 110 valence electrons. The van der Waals surface area contributed by atoms with Crippen molar-refractivity contribution >= 4 is 11.7 Å². The van der Waals surface area contributed by atoms with Crippen LogP contribution in [0.4, 0.5) is 14.6 Å². The molecule has 2 rings (SSSR count). The zero-order valence-corrected chi connectivity index (χ0v) is 11.3. The Bertz CT molecular complexity index is 602. The predicted molar refractivity (Wildman–Crippen MR) is 76.0 cm³/mol. The van der Waals surface area contributed by atoms with Crippen LogP contribution in [-0.2, 0) is 0 Å². The Hall–Kier alpha value is -2.50. The fourth-order valence-electron chi connectivity index (χ4n) is 1.72. The maximum absolute atomic E-state index is 12.8. The molecule has 0 unspecified atom stereocenters. The van der Waals surface area contributed by atoms with Crippen molar-refractivity contribution in [3.8, 4) is 0 Å². The molecule has 0 aliphatic heterocycles. The summed E-state index contributed by atoms with van der Waals surface area (Å²) in [4.78, 5) is 15.4. The van der Waals surface area contributed by atoms with Gasteiger partial charge in [0.25, 0.3) is 5.91 Å². The summed E-state index contributed by atoms with van der Waals surface area (Å²) in [6.07, 6.45) is 0.658. The van der Waals surface area contributed by atoms with E-state index < -0.39 is 5.95 Å². The minimum absolute atomic E-state index is 0.251. The molecular formula is C15H15F2N3O. The first-order chi connectivity index (χ1) is 10.1. The van der Waals surface area contributed by atoms with E-state index in [-0.39, 0.29) is 11.7 Å². The minimum atomic E-state index is -0.537. The van der Waals surface area contributed by atoms with E-state index in [1.807, 2.05) is 0 Å². The van der Waals surface area contributed by atoms with E-state index in [0.29, 0.717) is 30.9 Å². The Morgan fingerprint density at radius 1 is 1.05 bits per heavy atom. The van der Waals surface area contributed by atoms with Crippen molar-refractivity contribution in [1.29, 1.82) is 0 Å². The molecule has 1 amide bonds. The lowest BCUT2D eigenvalue weighted by Crippen LogP contribution is -2.25. The number of anilines is 1. The highest BCUT2D eigenvalue weighted by molar-refractivity contribution is 5.94. The maximum atomic E-state index is 12.8. The van der Waals surface area contributed by atoms with Gasteiger partial charge in [0.05, 0.1) is 0 Å². The number of rotatable bonds is 6. The van der Waals surface area contributed by atoms with E-state index in [0.717, 1.165) is 0 Å². The Morgan fingerprint density at radius 3 is 2.52 bits per heavy atom. The molecule has 2 aromatic rings. The van der Waals surface area contributed by atoms with Gasteiger partial charge in [0.15, 0.2) is 0 Å². The third-order valence-electron chi connectivity index (χ3n) is 2.77. The van der Waals surface area contributed by atoms with E-state index >= 15 is 0 Å². The van der Waals surface area contributed by atoms with E-state index in [2.05, 4.69) is 15.6 Å². The van der Waals surface area contributed by atoms with Crippen molar-refractivity contribution in [1.82, 2.24) is 10.3 Å². The van der Waals surface area contributed by atoms with Crippen molar-refractivity contribution in [3.05, 3.63) is 59.8 Å². The van der Waals surface area contributed by atoms with Gasteiger partial charge in [-0.25, -0.2) is 9.37 Å². The number of carbonyl (C=O) groups excluding carboxylic acids is 1. The average molecular weight is 291 g/mol. The molecule has 6 heteroatoms. The number of hydrogen-bond acceptors (Lipinski definition) is 3. The molecule has 4 nitrogen and oxygen atoms in total. The second kappa shape index (κ2) is 7.33. The van der Waals surface area contributed by atoms with Gasteiger partial charge in [0.1, 0.15) is 11.6 Å². The highest BCUT2D eigenvalue weighted by atomic mass is 19.1. The summed E-state index contributed by atoms with van der Waals surface area (Å²) < 4.78 is 25.5. The number of nitrogens with one attached hydrogen (secondary N) is 2. The molecule has 0 aliphatic rings. The fourth-order valence-corrected chi connectivity index (χ4v) is 1.72. The molecule has 1 heterocycles. The van der Waals surface area contributed by atoms with Gasteiger partial charge in [0, 0.05) is 18.7 Å². The monoisotopic (exact) mass is 291 g/mol. The van der Waals surface area contributed by atoms with Gasteiger partial charge in [-0.05, 0) is 42.8 Å². The van der Waals surface area contributed by atoms with Crippen LogP contribution in [0.2, 0.25) is 0 Å². The largest absolute Gasteiger partial charge is 0.370 e. The van der Waals surface area contributed by atoms with Crippen LogP contribution in [0.1, 0.15) is 16.8 Å².